The average molecular weight is 228 g/mol. The van der Waals surface area contributed by atoms with Crippen LogP contribution in [0.25, 0.3) is 0 Å². The van der Waals surface area contributed by atoms with Gasteiger partial charge >= 0.3 is 0 Å². The van der Waals surface area contributed by atoms with Gasteiger partial charge < -0.3 is 5.11 Å². The quantitative estimate of drug-likeness (QED) is 0.781. The lowest BCUT2D eigenvalue weighted by Gasteiger charge is -2.00. The number of aliphatic hydroxyl groups is 1. The molecule has 0 aliphatic heterocycles. The number of aliphatic hydroxyl groups excluding tert-OH is 1. The molecule has 2 aromatic carbocycles. The fraction of sp³-hybridized carbons (Fsp3) is 0.250. The minimum absolute atomic E-state index is 0.341. The van der Waals surface area contributed by atoms with E-state index in [1.54, 1.807) is 6.92 Å². The summed E-state index contributed by atoms with van der Waals surface area (Å²) in [7, 11) is 0. The van der Waals surface area contributed by atoms with E-state index in [1.807, 2.05) is 30.3 Å². The highest BCUT2D eigenvalue weighted by atomic mass is 16.3. The minimum atomic E-state index is -0.341. The zero-order valence-corrected chi connectivity index (χ0v) is 10.7. The molecular weight excluding hydrogens is 208 g/mol. The van der Waals surface area contributed by atoms with E-state index in [-0.39, 0.29) is 6.10 Å². The van der Waals surface area contributed by atoms with Crippen LogP contribution in [0.2, 0.25) is 0 Å². The van der Waals surface area contributed by atoms with Crippen molar-refractivity contribution in [2.24, 2.45) is 0 Å². The fourth-order valence-electron chi connectivity index (χ4n) is 1.39. The molecule has 1 N–H and O–H groups in total. The molecule has 1 atom stereocenters. The topological polar surface area (TPSA) is 20.2 Å². The van der Waals surface area contributed by atoms with Crippen molar-refractivity contribution in [2.75, 3.05) is 0 Å². The van der Waals surface area contributed by atoms with Gasteiger partial charge in [0.2, 0.25) is 0 Å². The van der Waals surface area contributed by atoms with Crippen LogP contribution in [-0.4, -0.2) is 5.11 Å². The molecule has 17 heavy (non-hydrogen) atoms. The van der Waals surface area contributed by atoms with E-state index >= 15 is 0 Å². The number of rotatable bonds is 1. The van der Waals surface area contributed by atoms with Gasteiger partial charge in [0.25, 0.3) is 0 Å². The normalized spacial score (nSPS) is 11.3. The van der Waals surface area contributed by atoms with Crippen molar-refractivity contribution in [3.63, 3.8) is 0 Å². The second-order valence-corrected chi connectivity index (χ2v) is 4.17. The third-order valence-electron chi connectivity index (χ3n) is 2.71. The first-order valence-corrected chi connectivity index (χ1v) is 5.86. The average Bonchev–Trinajstić information content (AvgIpc) is 2.35. The first-order chi connectivity index (χ1) is 8.11. The Balaban J connectivity index is 0.000000171. The van der Waals surface area contributed by atoms with Crippen LogP contribution < -0.4 is 0 Å². The molecule has 0 spiro atoms. The van der Waals surface area contributed by atoms with Gasteiger partial charge in [-0.1, -0.05) is 54.6 Å². The lowest BCUT2D eigenvalue weighted by Crippen LogP contribution is -1.87. The van der Waals surface area contributed by atoms with Crippen LogP contribution in [0.4, 0.5) is 0 Å². The summed E-state index contributed by atoms with van der Waals surface area (Å²) in [6.45, 7) is 6.00. The standard InChI is InChI=1S/C8H10O.C8H10/c1-7(9)8-5-3-2-4-6-8;1-7-5-3-4-6-8(7)2/h2-7,9H,1H3;3-6H,1-2H3. The van der Waals surface area contributed by atoms with Crippen LogP contribution in [0.1, 0.15) is 29.7 Å². The van der Waals surface area contributed by atoms with Crippen LogP contribution in [0.3, 0.4) is 0 Å². The Kier molecular flexibility index (Phi) is 5.44. The molecule has 0 bridgehead atoms. The Hall–Kier alpha value is -1.60. The smallest absolute Gasteiger partial charge is 0.0761 e. The molecule has 0 aromatic heterocycles. The number of benzene rings is 2. The van der Waals surface area contributed by atoms with Gasteiger partial charge in [-0.15, -0.1) is 0 Å². The summed E-state index contributed by atoms with van der Waals surface area (Å²) in [5, 5.41) is 9.02. The minimum Gasteiger partial charge on any atom is -0.389 e. The molecule has 1 nitrogen and oxygen atoms in total. The molecule has 0 aliphatic carbocycles. The zero-order chi connectivity index (χ0) is 12.7. The summed E-state index contributed by atoms with van der Waals surface area (Å²) in [6.07, 6.45) is -0.341. The van der Waals surface area contributed by atoms with Gasteiger partial charge in [-0.25, -0.2) is 0 Å². The molecule has 0 amide bonds. The van der Waals surface area contributed by atoms with E-state index < -0.39 is 0 Å². The molecule has 0 saturated heterocycles. The number of hydrogen-bond donors (Lipinski definition) is 1. The third kappa shape index (κ3) is 4.83. The van der Waals surface area contributed by atoms with E-state index in [2.05, 4.69) is 38.1 Å². The summed E-state index contributed by atoms with van der Waals surface area (Å²) in [5.74, 6) is 0. The van der Waals surface area contributed by atoms with Crippen molar-refractivity contribution in [3.8, 4) is 0 Å². The Labute approximate surface area is 104 Å². The van der Waals surface area contributed by atoms with Crippen molar-refractivity contribution in [1.29, 1.82) is 0 Å². The van der Waals surface area contributed by atoms with Crippen LogP contribution in [-0.2, 0) is 0 Å². The second-order valence-electron chi connectivity index (χ2n) is 4.17. The zero-order valence-electron chi connectivity index (χ0n) is 10.7. The molecule has 0 radical (unpaired) electrons. The molecule has 0 saturated carbocycles. The number of hydrogen-bond acceptors (Lipinski definition) is 1. The van der Waals surface area contributed by atoms with Gasteiger partial charge in [-0.05, 0) is 37.5 Å². The Morgan fingerprint density at radius 1 is 0.765 bits per heavy atom. The fourth-order valence-corrected chi connectivity index (χ4v) is 1.39. The Bertz CT molecular complexity index is 411. The van der Waals surface area contributed by atoms with E-state index in [0.717, 1.165) is 5.56 Å². The predicted molar refractivity (Wildman–Crippen MR) is 73.0 cm³/mol. The summed E-state index contributed by atoms with van der Waals surface area (Å²) >= 11 is 0. The molecule has 1 unspecified atom stereocenters. The summed E-state index contributed by atoms with van der Waals surface area (Å²) < 4.78 is 0. The van der Waals surface area contributed by atoms with E-state index in [4.69, 9.17) is 5.11 Å². The van der Waals surface area contributed by atoms with E-state index in [9.17, 15) is 0 Å². The van der Waals surface area contributed by atoms with Crippen molar-refractivity contribution >= 4 is 0 Å². The first kappa shape index (κ1) is 13.5. The monoisotopic (exact) mass is 228 g/mol. The maximum absolute atomic E-state index is 9.02. The molecule has 2 rings (SSSR count). The maximum atomic E-state index is 9.02. The van der Waals surface area contributed by atoms with Crippen LogP contribution >= 0.6 is 0 Å². The highest BCUT2D eigenvalue weighted by Gasteiger charge is 1.95. The molecule has 2 aromatic rings. The molecule has 0 heterocycles. The molecule has 90 valence electrons. The summed E-state index contributed by atoms with van der Waals surface area (Å²) in [5.41, 5.74) is 3.71. The lowest BCUT2D eigenvalue weighted by molar-refractivity contribution is 0.199. The summed E-state index contributed by atoms with van der Waals surface area (Å²) in [4.78, 5) is 0. The lowest BCUT2D eigenvalue weighted by atomic mass is 10.1. The Morgan fingerprint density at radius 2 is 1.18 bits per heavy atom. The second kappa shape index (κ2) is 6.87. The number of aryl methyl sites for hydroxylation is 2. The van der Waals surface area contributed by atoms with Gasteiger partial charge in [0, 0.05) is 0 Å². The predicted octanol–water partition coefficient (Wildman–Crippen LogP) is 4.04. The highest BCUT2D eigenvalue weighted by Crippen LogP contribution is 2.09. The first-order valence-electron chi connectivity index (χ1n) is 5.86. The summed E-state index contributed by atoms with van der Waals surface area (Å²) in [6, 6.07) is 17.9. The van der Waals surface area contributed by atoms with Crippen molar-refractivity contribution < 1.29 is 5.11 Å². The van der Waals surface area contributed by atoms with Crippen molar-refractivity contribution in [3.05, 3.63) is 71.3 Å². The SMILES string of the molecule is CC(O)c1ccccc1.Cc1ccccc1C. The van der Waals surface area contributed by atoms with Gasteiger partial charge in [-0.3, -0.25) is 0 Å². The van der Waals surface area contributed by atoms with Gasteiger partial charge in [-0.2, -0.15) is 0 Å². The van der Waals surface area contributed by atoms with Crippen LogP contribution in [0.5, 0.6) is 0 Å². The third-order valence-corrected chi connectivity index (χ3v) is 2.71. The van der Waals surface area contributed by atoms with Crippen molar-refractivity contribution in [2.45, 2.75) is 26.9 Å². The van der Waals surface area contributed by atoms with E-state index in [1.165, 1.54) is 11.1 Å². The molecular formula is C16H20O. The van der Waals surface area contributed by atoms with Gasteiger partial charge in [0.1, 0.15) is 0 Å². The van der Waals surface area contributed by atoms with Crippen LogP contribution in [0.15, 0.2) is 54.6 Å². The molecule has 0 aliphatic rings. The highest BCUT2D eigenvalue weighted by molar-refractivity contribution is 5.23. The molecule has 0 fully saturated rings. The van der Waals surface area contributed by atoms with Gasteiger partial charge in [0.05, 0.1) is 6.10 Å². The maximum Gasteiger partial charge on any atom is 0.0761 e. The van der Waals surface area contributed by atoms with E-state index in [0.29, 0.717) is 0 Å². The van der Waals surface area contributed by atoms with Crippen molar-refractivity contribution in [1.82, 2.24) is 0 Å². The molecule has 1 heteroatoms. The van der Waals surface area contributed by atoms with Crippen LogP contribution in [0, 0.1) is 13.8 Å². The van der Waals surface area contributed by atoms with Gasteiger partial charge in [0.15, 0.2) is 0 Å². The Morgan fingerprint density at radius 3 is 1.47 bits per heavy atom. The largest absolute Gasteiger partial charge is 0.389 e.